The third-order valence-electron chi connectivity index (χ3n) is 2.31. The Morgan fingerprint density at radius 3 is 2.65 bits per heavy atom. The van der Waals surface area contributed by atoms with E-state index in [1.54, 1.807) is 19.5 Å². The summed E-state index contributed by atoms with van der Waals surface area (Å²) in [6.07, 6.45) is 4.98. The molecule has 2 aromatic rings. The van der Waals surface area contributed by atoms with Gasteiger partial charge in [0.05, 0.1) is 7.11 Å². The predicted octanol–water partition coefficient (Wildman–Crippen LogP) is 1.98. The molecule has 1 N–H and O–H groups in total. The summed E-state index contributed by atoms with van der Waals surface area (Å²) in [5.74, 6) is 1.36. The van der Waals surface area contributed by atoms with E-state index < -0.39 is 0 Å². The molecule has 0 radical (unpaired) electrons. The lowest BCUT2D eigenvalue weighted by Crippen LogP contribution is -2.04. The highest BCUT2D eigenvalue weighted by atomic mass is 16.5. The first kappa shape index (κ1) is 11.3. The van der Waals surface area contributed by atoms with Crippen molar-refractivity contribution in [2.24, 2.45) is 0 Å². The molecule has 2 rings (SSSR count). The first-order valence-corrected chi connectivity index (χ1v) is 5.40. The second-order valence-corrected chi connectivity index (χ2v) is 3.37. The monoisotopic (exact) mass is 230 g/mol. The summed E-state index contributed by atoms with van der Waals surface area (Å²) < 4.78 is 5.38. The molecule has 0 aromatic carbocycles. The summed E-state index contributed by atoms with van der Waals surface area (Å²) >= 11 is 0. The van der Waals surface area contributed by atoms with E-state index in [0.717, 1.165) is 17.8 Å². The molecule has 0 unspecified atom stereocenters. The minimum absolute atomic E-state index is 0.653. The topological polar surface area (TPSA) is 59.9 Å². The zero-order valence-corrected chi connectivity index (χ0v) is 9.84. The maximum Gasteiger partial charge on any atom is 0.187 e. The van der Waals surface area contributed by atoms with E-state index in [2.05, 4.69) is 20.3 Å². The summed E-state index contributed by atoms with van der Waals surface area (Å²) in [5, 5.41) is 3.15. The Morgan fingerprint density at radius 2 is 2.00 bits per heavy atom. The summed E-state index contributed by atoms with van der Waals surface area (Å²) in [6, 6.07) is 3.78. The molecule has 0 aliphatic heterocycles. The number of aromatic nitrogens is 3. The van der Waals surface area contributed by atoms with Crippen molar-refractivity contribution >= 4 is 5.82 Å². The van der Waals surface area contributed by atoms with Crippen LogP contribution in [0, 0.1) is 0 Å². The Labute approximate surface area is 99.9 Å². The van der Waals surface area contributed by atoms with E-state index in [1.165, 1.54) is 6.33 Å². The standard InChI is InChI=1S/C12H14N4O/c1-3-14-12-11(17-2)10(15-8-16-12)9-4-6-13-7-5-9/h4-8H,3H2,1-2H3,(H,14,15,16). The molecule has 2 heterocycles. The van der Waals surface area contributed by atoms with Gasteiger partial charge in [0.1, 0.15) is 12.0 Å². The van der Waals surface area contributed by atoms with Crippen molar-refractivity contribution < 1.29 is 4.74 Å². The van der Waals surface area contributed by atoms with Crippen molar-refractivity contribution in [2.75, 3.05) is 19.0 Å². The van der Waals surface area contributed by atoms with Crippen LogP contribution >= 0.6 is 0 Å². The smallest absolute Gasteiger partial charge is 0.187 e. The summed E-state index contributed by atoms with van der Waals surface area (Å²) in [6.45, 7) is 2.79. The van der Waals surface area contributed by atoms with E-state index >= 15 is 0 Å². The predicted molar refractivity (Wildman–Crippen MR) is 66.0 cm³/mol. The minimum atomic E-state index is 0.653. The molecule has 0 saturated heterocycles. The summed E-state index contributed by atoms with van der Waals surface area (Å²) in [5.41, 5.74) is 1.72. The largest absolute Gasteiger partial charge is 0.491 e. The number of methoxy groups -OCH3 is 1. The quantitative estimate of drug-likeness (QED) is 0.870. The number of rotatable bonds is 4. The van der Waals surface area contributed by atoms with E-state index in [1.807, 2.05) is 19.1 Å². The molecule has 17 heavy (non-hydrogen) atoms. The van der Waals surface area contributed by atoms with E-state index in [-0.39, 0.29) is 0 Å². The zero-order chi connectivity index (χ0) is 12.1. The van der Waals surface area contributed by atoms with E-state index in [4.69, 9.17) is 4.74 Å². The molecule has 2 aromatic heterocycles. The number of pyridine rings is 1. The molecule has 0 bridgehead atoms. The van der Waals surface area contributed by atoms with Crippen molar-refractivity contribution in [3.05, 3.63) is 30.9 Å². The average molecular weight is 230 g/mol. The Balaban J connectivity index is 2.50. The highest BCUT2D eigenvalue weighted by Crippen LogP contribution is 2.32. The normalized spacial score (nSPS) is 10.0. The Bertz CT molecular complexity index is 487. The summed E-state index contributed by atoms with van der Waals surface area (Å²) in [7, 11) is 1.62. The number of hydrogen-bond acceptors (Lipinski definition) is 5. The molecule has 0 aliphatic rings. The van der Waals surface area contributed by atoms with Crippen molar-refractivity contribution in [3.63, 3.8) is 0 Å². The van der Waals surface area contributed by atoms with Crippen molar-refractivity contribution in [1.29, 1.82) is 0 Å². The van der Waals surface area contributed by atoms with Gasteiger partial charge in [-0.25, -0.2) is 9.97 Å². The van der Waals surface area contributed by atoms with E-state index in [0.29, 0.717) is 11.6 Å². The zero-order valence-electron chi connectivity index (χ0n) is 9.84. The van der Waals surface area contributed by atoms with Gasteiger partial charge in [0.15, 0.2) is 11.6 Å². The molecule has 88 valence electrons. The van der Waals surface area contributed by atoms with Crippen LogP contribution < -0.4 is 10.1 Å². The van der Waals surface area contributed by atoms with Gasteiger partial charge in [-0.15, -0.1) is 0 Å². The second-order valence-electron chi connectivity index (χ2n) is 3.37. The lowest BCUT2D eigenvalue weighted by Gasteiger charge is -2.11. The van der Waals surface area contributed by atoms with Crippen LogP contribution in [0.25, 0.3) is 11.3 Å². The number of ether oxygens (including phenoxy) is 1. The molecule has 0 atom stereocenters. The fourth-order valence-corrected chi connectivity index (χ4v) is 1.58. The van der Waals surface area contributed by atoms with Crippen LogP contribution in [0.3, 0.4) is 0 Å². The number of nitrogens with zero attached hydrogens (tertiary/aromatic N) is 3. The molecule has 0 fully saturated rings. The van der Waals surface area contributed by atoms with Crippen LogP contribution in [0.15, 0.2) is 30.9 Å². The molecule has 0 amide bonds. The minimum Gasteiger partial charge on any atom is -0.491 e. The van der Waals surface area contributed by atoms with Gasteiger partial charge >= 0.3 is 0 Å². The number of anilines is 1. The lowest BCUT2D eigenvalue weighted by molar-refractivity contribution is 0.414. The Hall–Kier alpha value is -2.17. The van der Waals surface area contributed by atoms with Gasteiger partial charge in [-0.2, -0.15) is 0 Å². The van der Waals surface area contributed by atoms with Gasteiger partial charge in [0.2, 0.25) is 0 Å². The Morgan fingerprint density at radius 1 is 1.24 bits per heavy atom. The maximum absolute atomic E-state index is 5.38. The SMILES string of the molecule is CCNc1ncnc(-c2ccncc2)c1OC. The lowest BCUT2D eigenvalue weighted by atomic mass is 10.2. The fraction of sp³-hybridized carbons (Fsp3) is 0.250. The van der Waals surface area contributed by atoms with Crippen LogP contribution in [-0.4, -0.2) is 28.6 Å². The molecule has 0 aliphatic carbocycles. The highest BCUT2D eigenvalue weighted by molar-refractivity contribution is 5.72. The van der Waals surface area contributed by atoms with Gasteiger partial charge < -0.3 is 10.1 Å². The average Bonchev–Trinajstić information content (AvgIpc) is 2.40. The van der Waals surface area contributed by atoms with Gasteiger partial charge in [-0.1, -0.05) is 0 Å². The molecule has 0 saturated carbocycles. The van der Waals surface area contributed by atoms with Crippen LogP contribution in [0.4, 0.5) is 5.82 Å². The van der Waals surface area contributed by atoms with Gasteiger partial charge in [-0.05, 0) is 19.1 Å². The number of hydrogen-bond donors (Lipinski definition) is 1. The summed E-state index contributed by atoms with van der Waals surface area (Å²) in [4.78, 5) is 12.4. The first-order valence-electron chi connectivity index (χ1n) is 5.40. The van der Waals surface area contributed by atoms with Gasteiger partial charge in [0.25, 0.3) is 0 Å². The van der Waals surface area contributed by atoms with Gasteiger partial charge in [-0.3, -0.25) is 4.98 Å². The molecular weight excluding hydrogens is 216 g/mol. The third kappa shape index (κ3) is 2.33. The van der Waals surface area contributed by atoms with E-state index in [9.17, 15) is 0 Å². The fourth-order valence-electron chi connectivity index (χ4n) is 1.58. The van der Waals surface area contributed by atoms with Crippen LogP contribution in [-0.2, 0) is 0 Å². The van der Waals surface area contributed by atoms with Gasteiger partial charge in [0, 0.05) is 24.5 Å². The van der Waals surface area contributed by atoms with Crippen molar-refractivity contribution in [1.82, 2.24) is 15.0 Å². The van der Waals surface area contributed by atoms with Crippen molar-refractivity contribution in [2.45, 2.75) is 6.92 Å². The van der Waals surface area contributed by atoms with Crippen molar-refractivity contribution in [3.8, 4) is 17.0 Å². The van der Waals surface area contributed by atoms with Crippen LogP contribution in [0.5, 0.6) is 5.75 Å². The second kappa shape index (κ2) is 5.25. The Kier molecular flexibility index (Phi) is 3.49. The highest BCUT2D eigenvalue weighted by Gasteiger charge is 2.12. The number of nitrogens with one attached hydrogen (secondary N) is 1. The molecule has 5 nitrogen and oxygen atoms in total. The van der Waals surface area contributed by atoms with Crippen LogP contribution in [0.2, 0.25) is 0 Å². The van der Waals surface area contributed by atoms with Crippen LogP contribution in [0.1, 0.15) is 6.92 Å². The third-order valence-corrected chi connectivity index (χ3v) is 2.31. The first-order chi connectivity index (χ1) is 8.36. The maximum atomic E-state index is 5.38. The molecule has 5 heteroatoms. The molecule has 0 spiro atoms. The molecular formula is C12H14N4O.